The highest BCUT2D eigenvalue weighted by Crippen LogP contribution is 2.32. The lowest BCUT2D eigenvalue weighted by Gasteiger charge is -2.32. The molecule has 0 saturated heterocycles. The zero-order valence-electron chi connectivity index (χ0n) is 21.8. The van der Waals surface area contributed by atoms with Gasteiger partial charge in [0.2, 0.25) is 10.0 Å². The molecule has 0 aliphatic heterocycles. The van der Waals surface area contributed by atoms with Crippen LogP contribution in [0.2, 0.25) is 0 Å². The molecule has 2 aromatic heterocycles. The molecule has 1 saturated carbocycles. The van der Waals surface area contributed by atoms with E-state index in [0.29, 0.717) is 23.0 Å². The molecule has 1 amide bonds. The summed E-state index contributed by atoms with van der Waals surface area (Å²) < 4.78 is 35.1. The molecule has 1 fully saturated rings. The van der Waals surface area contributed by atoms with Crippen molar-refractivity contribution >= 4 is 42.6 Å². The average molecular weight is 552 g/mol. The van der Waals surface area contributed by atoms with Crippen LogP contribution in [0.4, 0.5) is 5.13 Å². The molecular weight excluding hydrogens is 518 g/mol. The number of anilines is 1. The maximum absolute atomic E-state index is 13.8. The van der Waals surface area contributed by atoms with Gasteiger partial charge in [0.05, 0.1) is 27.9 Å². The van der Waals surface area contributed by atoms with E-state index >= 15 is 0 Å². The van der Waals surface area contributed by atoms with Gasteiger partial charge < -0.3 is 4.42 Å². The van der Waals surface area contributed by atoms with Crippen LogP contribution in [0.25, 0.3) is 10.2 Å². The van der Waals surface area contributed by atoms with E-state index in [1.54, 1.807) is 45.8 Å². The number of amides is 1. The van der Waals surface area contributed by atoms with E-state index in [0.717, 1.165) is 48.7 Å². The maximum Gasteiger partial charge on any atom is 0.260 e. The van der Waals surface area contributed by atoms with E-state index < -0.39 is 10.0 Å². The molecule has 2 heterocycles. The number of fused-ring (bicyclic) bond motifs is 1. The van der Waals surface area contributed by atoms with Crippen molar-refractivity contribution < 1.29 is 17.6 Å². The molecule has 0 spiro atoms. The van der Waals surface area contributed by atoms with Gasteiger partial charge in [0.15, 0.2) is 5.13 Å². The first-order valence-electron chi connectivity index (χ1n) is 13.3. The summed E-state index contributed by atoms with van der Waals surface area (Å²) in [7, 11) is -3.65. The summed E-state index contributed by atoms with van der Waals surface area (Å²) in [6.07, 6.45) is 7.57. The lowest BCUT2D eigenvalue weighted by Crippen LogP contribution is -2.41. The number of carbonyl (C=O) groups is 1. The van der Waals surface area contributed by atoms with Crippen molar-refractivity contribution in [2.45, 2.75) is 69.9 Å². The first-order chi connectivity index (χ1) is 18.4. The molecule has 7 nitrogen and oxygen atoms in total. The van der Waals surface area contributed by atoms with Crippen LogP contribution in [0.5, 0.6) is 0 Å². The first kappa shape index (κ1) is 26.6. The summed E-state index contributed by atoms with van der Waals surface area (Å²) in [5.41, 5.74) is 2.44. The predicted molar refractivity (Wildman–Crippen MR) is 151 cm³/mol. The Morgan fingerprint density at radius 3 is 2.47 bits per heavy atom. The SMILES string of the molecule is CCc1ccc2nc(N(Cc3ccco3)C(=O)c3ccc(S(=O)(=O)N(CC)C4CCCCC4)cc3)sc2c1. The minimum absolute atomic E-state index is 0.0381. The van der Waals surface area contributed by atoms with Gasteiger partial charge in [0, 0.05) is 18.2 Å². The standard InChI is InChI=1S/C29H33N3O4S2/c1-3-21-12-17-26-27(19-21)37-29(30-26)31(20-24-11-8-18-36-24)28(33)22-13-15-25(16-14-22)38(34,35)32(4-2)23-9-6-5-7-10-23/h8,11-19,23H,3-7,9-10,20H2,1-2H3. The number of hydrogen-bond donors (Lipinski definition) is 0. The number of thiazole rings is 1. The second-order valence-corrected chi connectivity index (χ2v) is 12.5. The Morgan fingerprint density at radius 2 is 1.82 bits per heavy atom. The first-order valence-corrected chi connectivity index (χ1v) is 15.5. The molecule has 2 aromatic carbocycles. The highest BCUT2D eigenvalue weighted by atomic mass is 32.2. The van der Waals surface area contributed by atoms with Crippen LogP contribution < -0.4 is 4.90 Å². The maximum atomic E-state index is 13.8. The molecule has 0 atom stereocenters. The van der Waals surface area contributed by atoms with E-state index in [1.807, 2.05) is 19.1 Å². The van der Waals surface area contributed by atoms with E-state index in [2.05, 4.69) is 19.1 Å². The molecule has 0 radical (unpaired) electrons. The number of aryl methyl sites for hydroxylation is 1. The van der Waals surface area contributed by atoms with Gasteiger partial charge in [-0.1, -0.05) is 50.5 Å². The van der Waals surface area contributed by atoms with Gasteiger partial charge in [0.25, 0.3) is 5.91 Å². The lowest BCUT2D eigenvalue weighted by molar-refractivity contribution is 0.0983. The number of nitrogens with zero attached hydrogens (tertiary/aromatic N) is 3. The molecule has 5 rings (SSSR count). The summed E-state index contributed by atoms with van der Waals surface area (Å²) in [6, 6.07) is 16.1. The molecule has 9 heteroatoms. The monoisotopic (exact) mass is 551 g/mol. The van der Waals surface area contributed by atoms with Crippen molar-refractivity contribution in [3.63, 3.8) is 0 Å². The summed E-state index contributed by atoms with van der Waals surface area (Å²) >= 11 is 1.46. The highest BCUT2D eigenvalue weighted by molar-refractivity contribution is 7.89. The Kier molecular flexibility index (Phi) is 7.97. The Morgan fingerprint density at radius 1 is 1.05 bits per heavy atom. The Bertz CT molecular complexity index is 1490. The zero-order valence-corrected chi connectivity index (χ0v) is 23.4. The van der Waals surface area contributed by atoms with E-state index in [-0.39, 0.29) is 23.4 Å². The third-order valence-electron chi connectivity index (χ3n) is 7.22. The Hall–Kier alpha value is -3.01. The van der Waals surface area contributed by atoms with Gasteiger partial charge in [-0.25, -0.2) is 13.4 Å². The molecule has 0 bridgehead atoms. The van der Waals surface area contributed by atoms with Gasteiger partial charge in [-0.15, -0.1) is 0 Å². The fraction of sp³-hybridized carbons (Fsp3) is 0.379. The molecule has 38 heavy (non-hydrogen) atoms. The minimum Gasteiger partial charge on any atom is -0.467 e. The Balaban J connectivity index is 1.44. The fourth-order valence-corrected chi connectivity index (χ4v) is 7.85. The highest BCUT2D eigenvalue weighted by Gasteiger charge is 2.31. The quantitative estimate of drug-likeness (QED) is 0.233. The van der Waals surface area contributed by atoms with Crippen molar-refractivity contribution in [3.05, 3.63) is 77.7 Å². The summed E-state index contributed by atoms with van der Waals surface area (Å²) in [6.45, 7) is 4.65. The van der Waals surface area contributed by atoms with E-state index in [4.69, 9.17) is 9.40 Å². The number of furan rings is 1. The number of carbonyl (C=O) groups excluding carboxylic acids is 1. The Labute approximate surface area is 228 Å². The van der Waals surface area contributed by atoms with Gasteiger partial charge >= 0.3 is 0 Å². The number of benzene rings is 2. The number of sulfonamides is 1. The summed E-state index contributed by atoms with van der Waals surface area (Å²) in [4.78, 5) is 20.3. The van der Waals surface area contributed by atoms with Crippen LogP contribution in [0.3, 0.4) is 0 Å². The smallest absolute Gasteiger partial charge is 0.260 e. The van der Waals surface area contributed by atoms with Crippen LogP contribution in [-0.4, -0.2) is 36.2 Å². The van der Waals surface area contributed by atoms with Crippen molar-refractivity contribution in [1.82, 2.24) is 9.29 Å². The van der Waals surface area contributed by atoms with E-state index in [1.165, 1.54) is 16.9 Å². The number of hydrogen-bond acceptors (Lipinski definition) is 6. The van der Waals surface area contributed by atoms with Gasteiger partial charge in [-0.2, -0.15) is 4.31 Å². The molecule has 0 N–H and O–H groups in total. The van der Waals surface area contributed by atoms with Gasteiger partial charge in [-0.05, 0) is 73.4 Å². The van der Waals surface area contributed by atoms with Crippen LogP contribution >= 0.6 is 11.3 Å². The van der Waals surface area contributed by atoms with Crippen LogP contribution in [0.15, 0.2) is 70.2 Å². The van der Waals surface area contributed by atoms with Crippen molar-refractivity contribution in [2.24, 2.45) is 0 Å². The predicted octanol–water partition coefficient (Wildman–Crippen LogP) is 6.64. The zero-order chi connectivity index (χ0) is 26.7. The number of aromatic nitrogens is 1. The van der Waals surface area contributed by atoms with Crippen LogP contribution in [-0.2, 0) is 23.0 Å². The molecular formula is C29H33N3O4S2. The van der Waals surface area contributed by atoms with E-state index in [9.17, 15) is 13.2 Å². The topological polar surface area (TPSA) is 83.7 Å². The third-order valence-corrected chi connectivity index (χ3v) is 10.3. The summed E-state index contributed by atoms with van der Waals surface area (Å²) in [5.74, 6) is 0.372. The molecule has 200 valence electrons. The molecule has 0 unspecified atom stereocenters. The lowest BCUT2D eigenvalue weighted by atomic mass is 9.95. The normalized spacial score (nSPS) is 14.8. The van der Waals surface area contributed by atoms with Gasteiger partial charge in [-0.3, -0.25) is 9.69 Å². The van der Waals surface area contributed by atoms with Crippen molar-refractivity contribution in [2.75, 3.05) is 11.4 Å². The number of rotatable bonds is 9. The van der Waals surface area contributed by atoms with Crippen molar-refractivity contribution in [3.8, 4) is 0 Å². The van der Waals surface area contributed by atoms with Crippen molar-refractivity contribution in [1.29, 1.82) is 0 Å². The fourth-order valence-electron chi connectivity index (χ4n) is 5.13. The second-order valence-electron chi connectivity index (χ2n) is 9.65. The van der Waals surface area contributed by atoms with Gasteiger partial charge in [0.1, 0.15) is 5.76 Å². The average Bonchev–Trinajstić information content (AvgIpc) is 3.61. The molecule has 1 aliphatic carbocycles. The third kappa shape index (κ3) is 5.41. The van der Waals surface area contributed by atoms with Crippen LogP contribution in [0, 0.1) is 0 Å². The van der Waals surface area contributed by atoms with Crippen LogP contribution in [0.1, 0.15) is 67.6 Å². The largest absolute Gasteiger partial charge is 0.467 e. The second kappa shape index (κ2) is 11.4. The molecule has 1 aliphatic rings. The molecule has 4 aromatic rings. The minimum atomic E-state index is -3.65. The summed E-state index contributed by atoms with van der Waals surface area (Å²) in [5, 5.41) is 0.570.